The number of carbonyl (C=O) groups excluding carboxylic acids is 1. The quantitative estimate of drug-likeness (QED) is 0.761. The average Bonchev–Trinajstić information content (AvgIpc) is 2.99. The zero-order valence-corrected chi connectivity index (χ0v) is 13.0. The molecular weight excluding hydrogens is 337 g/mol. The molecule has 10 heteroatoms. The summed E-state index contributed by atoms with van der Waals surface area (Å²) < 4.78 is 38.1. The van der Waals surface area contributed by atoms with Crippen molar-refractivity contribution in [3.63, 3.8) is 0 Å². The third kappa shape index (κ3) is 4.03. The van der Waals surface area contributed by atoms with Crippen molar-refractivity contribution >= 4 is 22.8 Å². The number of hydrogen-bond donors (Lipinski definition) is 2. The van der Waals surface area contributed by atoms with E-state index in [9.17, 15) is 18.0 Å². The lowest BCUT2D eigenvalue weighted by molar-refractivity contribution is -0.122. The van der Waals surface area contributed by atoms with Gasteiger partial charge in [-0.3, -0.25) is 14.6 Å². The SMILES string of the molecule is Cn1cc(-c2cnc3c(NC(=O)NCC(F)(F)F)ccnc3c2)cn1. The summed E-state index contributed by atoms with van der Waals surface area (Å²) in [5, 5.41) is 8.17. The molecule has 3 rings (SSSR count). The van der Waals surface area contributed by atoms with Crippen LogP contribution in [0.15, 0.2) is 36.9 Å². The van der Waals surface area contributed by atoms with E-state index in [4.69, 9.17) is 0 Å². The van der Waals surface area contributed by atoms with Gasteiger partial charge in [-0.15, -0.1) is 0 Å². The molecule has 0 bridgehead atoms. The van der Waals surface area contributed by atoms with Crippen molar-refractivity contribution in [2.24, 2.45) is 7.05 Å². The van der Waals surface area contributed by atoms with Crippen molar-refractivity contribution in [3.05, 3.63) is 36.9 Å². The van der Waals surface area contributed by atoms with Crippen LogP contribution in [-0.2, 0) is 7.05 Å². The molecule has 0 spiro atoms. The highest BCUT2D eigenvalue weighted by Gasteiger charge is 2.27. The average molecular weight is 350 g/mol. The fraction of sp³-hybridized carbons (Fsp3) is 0.200. The Morgan fingerprint density at radius 3 is 2.72 bits per heavy atom. The maximum absolute atomic E-state index is 12.1. The first kappa shape index (κ1) is 16.7. The number of aromatic nitrogens is 4. The number of alkyl halides is 3. The molecule has 0 radical (unpaired) electrons. The number of pyridine rings is 2. The molecule has 2 N–H and O–H groups in total. The molecule has 2 amide bonds. The van der Waals surface area contributed by atoms with Crippen molar-refractivity contribution in [1.82, 2.24) is 25.1 Å². The molecule has 0 unspecified atom stereocenters. The molecule has 0 aliphatic rings. The summed E-state index contributed by atoms with van der Waals surface area (Å²) in [7, 11) is 1.79. The number of nitrogens with one attached hydrogen (secondary N) is 2. The number of hydrogen-bond acceptors (Lipinski definition) is 4. The van der Waals surface area contributed by atoms with Gasteiger partial charge in [0.05, 0.1) is 17.4 Å². The van der Waals surface area contributed by atoms with Crippen molar-refractivity contribution in [3.8, 4) is 11.1 Å². The van der Waals surface area contributed by atoms with Gasteiger partial charge in [-0.25, -0.2) is 4.79 Å². The highest BCUT2D eigenvalue weighted by atomic mass is 19.4. The van der Waals surface area contributed by atoms with Gasteiger partial charge in [-0.1, -0.05) is 0 Å². The summed E-state index contributed by atoms with van der Waals surface area (Å²) >= 11 is 0. The standard InChI is InChI=1S/C15H13F3N6O/c1-24-7-10(6-22-24)9-4-12-13(20-5-9)11(2-3-19-12)23-14(25)21-8-15(16,17)18/h2-7H,8H2,1H3,(H2,19,21,23,25). The fourth-order valence-electron chi connectivity index (χ4n) is 2.21. The van der Waals surface area contributed by atoms with Gasteiger partial charge >= 0.3 is 12.2 Å². The Morgan fingerprint density at radius 2 is 2.04 bits per heavy atom. The fourth-order valence-corrected chi connectivity index (χ4v) is 2.21. The van der Waals surface area contributed by atoms with E-state index in [1.165, 1.54) is 12.3 Å². The summed E-state index contributed by atoms with van der Waals surface area (Å²) in [5.41, 5.74) is 2.77. The third-order valence-electron chi connectivity index (χ3n) is 3.31. The Hall–Kier alpha value is -3.17. The van der Waals surface area contributed by atoms with E-state index in [-0.39, 0.29) is 5.69 Å². The van der Waals surface area contributed by atoms with Gasteiger partial charge in [0.1, 0.15) is 12.1 Å². The van der Waals surface area contributed by atoms with Crippen LogP contribution in [0.2, 0.25) is 0 Å². The molecule has 0 atom stereocenters. The van der Waals surface area contributed by atoms with Gasteiger partial charge in [-0.05, 0) is 12.1 Å². The number of aryl methyl sites for hydroxylation is 1. The van der Waals surface area contributed by atoms with Crippen LogP contribution in [0.25, 0.3) is 22.2 Å². The van der Waals surface area contributed by atoms with Crippen LogP contribution in [0.1, 0.15) is 0 Å². The Kier molecular flexibility index (Phi) is 4.26. The molecule has 130 valence electrons. The van der Waals surface area contributed by atoms with E-state index < -0.39 is 18.8 Å². The molecule has 0 saturated heterocycles. The van der Waals surface area contributed by atoms with Gasteiger partial charge in [0.25, 0.3) is 0 Å². The molecule has 0 aliphatic heterocycles. The smallest absolute Gasteiger partial charge is 0.329 e. The third-order valence-corrected chi connectivity index (χ3v) is 3.31. The highest BCUT2D eigenvalue weighted by molar-refractivity contribution is 5.99. The van der Waals surface area contributed by atoms with Crippen LogP contribution in [0, 0.1) is 0 Å². The number of carbonyl (C=O) groups is 1. The summed E-state index contributed by atoms with van der Waals surface area (Å²) in [4.78, 5) is 20.1. The Balaban J connectivity index is 1.84. The first-order chi connectivity index (χ1) is 11.8. The highest BCUT2D eigenvalue weighted by Crippen LogP contribution is 2.25. The number of halogens is 3. The minimum Gasteiger partial charge on any atom is -0.329 e. The number of nitrogens with zero attached hydrogens (tertiary/aromatic N) is 4. The minimum absolute atomic E-state index is 0.266. The first-order valence-corrected chi connectivity index (χ1v) is 7.17. The number of anilines is 1. The molecule has 0 fully saturated rings. The van der Waals surface area contributed by atoms with E-state index >= 15 is 0 Å². The first-order valence-electron chi connectivity index (χ1n) is 7.17. The van der Waals surface area contributed by atoms with Gasteiger partial charge in [0.15, 0.2) is 0 Å². The molecule has 3 aromatic rings. The summed E-state index contributed by atoms with van der Waals surface area (Å²) in [6.45, 7) is -1.42. The maximum atomic E-state index is 12.1. The van der Waals surface area contributed by atoms with E-state index in [1.807, 2.05) is 6.20 Å². The number of rotatable bonds is 3. The van der Waals surface area contributed by atoms with Crippen molar-refractivity contribution in [2.45, 2.75) is 6.18 Å². The topological polar surface area (TPSA) is 84.7 Å². The summed E-state index contributed by atoms with van der Waals surface area (Å²) in [5.74, 6) is 0. The van der Waals surface area contributed by atoms with E-state index in [0.717, 1.165) is 11.1 Å². The lowest BCUT2D eigenvalue weighted by Gasteiger charge is -2.11. The number of amides is 2. The monoisotopic (exact) mass is 350 g/mol. The molecule has 0 aliphatic carbocycles. The van der Waals surface area contributed by atoms with E-state index in [1.54, 1.807) is 35.5 Å². The Bertz CT molecular complexity index is 921. The Labute approximate surface area is 139 Å². The molecule has 7 nitrogen and oxygen atoms in total. The van der Waals surface area contributed by atoms with Crippen LogP contribution in [0.3, 0.4) is 0 Å². The van der Waals surface area contributed by atoms with Crippen LogP contribution in [-0.4, -0.2) is 38.5 Å². The minimum atomic E-state index is -4.48. The second kappa shape index (κ2) is 6.38. The maximum Gasteiger partial charge on any atom is 0.405 e. The largest absolute Gasteiger partial charge is 0.405 e. The molecule has 0 saturated carbocycles. The van der Waals surface area contributed by atoms with Crippen LogP contribution >= 0.6 is 0 Å². The van der Waals surface area contributed by atoms with Crippen molar-refractivity contribution in [1.29, 1.82) is 0 Å². The summed E-state index contributed by atoms with van der Waals surface area (Å²) in [6, 6.07) is 2.26. The number of urea groups is 1. The predicted molar refractivity (Wildman–Crippen MR) is 84.8 cm³/mol. The second-order valence-electron chi connectivity index (χ2n) is 5.28. The van der Waals surface area contributed by atoms with Gasteiger partial charge in [-0.2, -0.15) is 18.3 Å². The van der Waals surface area contributed by atoms with Crippen molar-refractivity contribution in [2.75, 3.05) is 11.9 Å². The summed E-state index contributed by atoms with van der Waals surface area (Å²) in [6.07, 6.45) is 2.04. The van der Waals surface area contributed by atoms with E-state index in [0.29, 0.717) is 11.0 Å². The van der Waals surface area contributed by atoms with Crippen LogP contribution in [0.4, 0.5) is 23.7 Å². The van der Waals surface area contributed by atoms with Crippen LogP contribution in [0.5, 0.6) is 0 Å². The lowest BCUT2D eigenvalue weighted by Crippen LogP contribution is -2.36. The molecule has 25 heavy (non-hydrogen) atoms. The molecular formula is C15H13F3N6O. The molecule has 0 aromatic carbocycles. The Morgan fingerprint density at radius 1 is 1.24 bits per heavy atom. The number of fused-ring (bicyclic) bond motifs is 1. The lowest BCUT2D eigenvalue weighted by atomic mass is 10.1. The zero-order chi connectivity index (χ0) is 18.0. The van der Waals surface area contributed by atoms with Gasteiger partial charge < -0.3 is 10.6 Å². The molecule has 3 heterocycles. The van der Waals surface area contributed by atoms with Crippen LogP contribution < -0.4 is 10.6 Å². The van der Waals surface area contributed by atoms with Gasteiger partial charge in [0, 0.05) is 36.8 Å². The zero-order valence-electron chi connectivity index (χ0n) is 13.0. The predicted octanol–water partition coefficient (Wildman–Crippen LogP) is 2.71. The van der Waals surface area contributed by atoms with E-state index in [2.05, 4.69) is 20.4 Å². The van der Waals surface area contributed by atoms with Gasteiger partial charge in [0.2, 0.25) is 0 Å². The van der Waals surface area contributed by atoms with Crippen molar-refractivity contribution < 1.29 is 18.0 Å². The normalized spacial score (nSPS) is 11.5. The second-order valence-corrected chi connectivity index (χ2v) is 5.28. The molecule has 3 aromatic heterocycles.